The average Bonchev–Trinajstić information content (AvgIpc) is 2.98. The van der Waals surface area contributed by atoms with Crippen molar-refractivity contribution in [3.63, 3.8) is 0 Å². The van der Waals surface area contributed by atoms with Crippen LogP contribution in [0.2, 0.25) is 0 Å². The number of H-pyrrole nitrogens is 1. The summed E-state index contributed by atoms with van der Waals surface area (Å²) in [6, 6.07) is 0. The Bertz CT molecular complexity index is 813. The number of nitrogens with zero attached hydrogens (tertiary/aromatic N) is 4. The number of hydrogen-bond acceptors (Lipinski definition) is 5. The summed E-state index contributed by atoms with van der Waals surface area (Å²) in [6.07, 6.45) is 4.44. The van der Waals surface area contributed by atoms with E-state index in [1.165, 1.54) is 11.0 Å². The molecule has 132 valence electrons. The van der Waals surface area contributed by atoms with Crippen LogP contribution in [0, 0.1) is 0 Å². The highest BCUT2D eigenvalue weighted by molar-refractivity contribution is 5.74. The van der Waals surface area contributed by atoms with E-state index >= 15 is 0 Å². The minimum atomic E-state index is -0.434. The Morgan fingerprint density at radius 2 is 1.92 bits per heavy atom. The summed E-state index contributed by atoms with van der Waals surface area (Å²) in [5.41, 5.74) is 0.128. The van der Waals surface area contributed by atoms with E-state index in [-0.39, 0.29) is 5.56 Å². The summed E-state index contributed by atoms with van der Waals surface area (Å²) in [5.74, 6) is 0.761. The molecule has 1 aliphatic rings. The van der Waals surface area contributed by atoms with E-state index in [1.807, 2.05) is 4.57 Å². The number of unbranched alkanes of at least 4 members (excludes halogenated alkanes) is 3. The van der Waals surface area contributed by atoms with Gasteiger partial charge in [0.1, 0.15) is 0 Å². The molecule has 0 saturated carbocycles. The molecule has 0 aliphatic carbocycles. The Morgan fingerprint density at radius 1 is 1.17 bits per heavy atom. The number of morpholine rings is 1. The molecule has 8 nitrogen and oxygen atoms in total. The lowest BCUT2D eigenvalue weighted by Crippen LogP contribution is -2.38. The molecular formula is C16H25N5O3. The number of aromatic amines is 1. The van der Waals surface area contributed by atoms with Gasteiger partial charge in [-0.15, -0.1) is 0 Å². The number of nitrogens with one attached hydrogen (secondary N) is 1. The van der Waals surface area contributed by atoms with Crippen LogP contribution in [0.15, 0.2) is 9.59 Å². The van der Waals surface area contributed by atoms with Crippen molar-refractivity contribution in [2.75, 3.05) is 31.2 Å². The van der Waals surface area contributed by atoms with E-state index in [0.29, 0.717) is 24.4 Å². The lowest BCUT2D eigenvalue weighted by Gasteiger charge is -2.28. The van der Waals surface area contributed by atoms with E-state index in [9.17, 15) is 9.59 Å². The van der Waals surface area contributed by atoms with E-state index in [1.54, 1.807) is 7.05 Å². The van der Waals surface area contributed by atoms with Gasteiger partial charge in [0.15, 0.2) is 11.2 Å². The van der Waals surface area contributed by atoms with Crippen molar-refractivity contribution >= 4 is 17.1 Å². The maximum atomic E-state index is 12.4. The molecule has 0 atom stereocenters. The number of aryl methyl sites for hydroxylation is 2. The number of imidazole rings is 1. The Labute approximate surface area is 140 Å². The van der Waals surface area contributed by atoms with Gasteiger partial charge in [0.05, 0.1) is 13.2 Å². The van der Waals surface area contributed by atoms with Gasteiger partial charge in [-0.05, 0) is 6.42 Å². The zero-order valence-electron chi connectivity index (χ0n) is 14.4. The Hall–Kier alpha value is -2.09. The molecule has 2 aromatic rings. The summed E-state index contributed by atoms with van der Waals surface area (Å²) in [7, 11) is 1.64. The van der Waals surface area contributed by atoms with Crippen molar-refractivity contribution in [3.8, 4) is 0 Å². The van der Waals surface area contributed by atoms with Gasteiger partial charge in [0, 0.05) is 26.7 Å². The number of rotatable bonds is 6. The Morgan fingerprint density at radius 3 is 2.62 bits per heavy atom. The van der Waals surface area contributed by atoms with E-state index in [0.717, 1.165) is 44.8 Å². The lowest BCUT2D eigenvalue weighted by molar-refractivity contribution is 0.121. The van der Waals surface area contributed by atoms with Crippen molar-refractivity contribution in [1.82, 2.24) is 19.1 Å². The summed E-state index contributed by atoms with van der Waals surface area (Å²) >= 11 is 0. The molecule has 0 unspecified atom stereocenters. The van der Waals surface area contributed by atoms with Crippen LogP contribution < -0.4 is 16.1 Å². The minimum absolute atomic E-state index is 0.365. The quantitative estimate of drug-likeness (QED) is 0.791. The second kappa shape index (κ2) is 7.21. The molecule has 0 spiro atoms. The maximum absolute atomic E-state index is 12.4. The predicted octanol–water partition coefficient (Wildman–Crippen LogP) is 0.840. The second-order valence-electron chi connectivity index (χ2n) is 6.21. The normalized spacial score (nSPS) is 15.3. The first kappa shape index (κ1) is 16.8. The SMILES string of the molecule is CCCCCCn1c(N2CCOCC2)nc2c1c(=O)[nH]c(=O)n2C. The predicted molar refractivity (Wildman–Crippen MR) is 92.8 cm³/mol. The molecule has 1 fully saturated rings. The maximum Gasteiger partial charge on any atom is 0.329 e. The van der Waals surface area contributed by atoms with Crippen molar-refractivity contribution < 1.29 is 4.74 Å². The van der Waals surface area contributed by atoms with Gasteiger partial charge in [-0.1, -0.05) is 26.2 Å². The van der Waals surface area contributed by atoms with E-state index in [4.69, 9.17) is 4.74 Å². The molecule has 0 aromatic carbocycles. The third-order valence-electron chi connectivity index (χ3n) is 4.52. The third kappa shape index (κ3) is 3.10. The molecule has 3 heterocycles. The zero-order valence-corrected chi connectivity index (χ0v) is 14.4. The van der Waals surface area contributed by atoms with Crippen LogP contribution in [-0.2, 0) is 18.3 Å². The van der Waals surface area contributed by atoms with Crippen molar-refractivity contribution in [3.05, 3.63) is 20.8 Å². The number of ether oxygens (including phenoxy) is 1. The minimum Gasteiger partial charge on any atom is -0.378 e. The van der Waals surface area contributed by atoms with Crippen LogP contribution in [-0.4, -0.2) is 45.4 Å². The Balaban J connectivity index is 2.07. The molecule has 3 rings (SSSR count). The fraction of sp³-hybridized carbons (Fsp3) is 0.688. The molecule has 0 radical (unpaired) electrons. The van der Waals surface area contributed by atoms with Gasteiger partial charge in [-0.3, -0.25) is 14.3 Å². The van der Waals surface area contributed by atoms with Crippen LogP contribution in [0.5, 0.6) is 0 Å². The van der Waals surface area contributed by atoms with Crippen LogP contribution in [0.3, 0.4) is 0 Å². The highest BCUT2D eigenvalue weighted by Crippen LogP contribution is 2.21. The van der Waals surface area contributed by atoms with Crippen molar-refractivity contribution in [1.29, 1.82) is 0 Å². The molecule has 2 aromatic heterocycles. The van der Waals surface area contributed by atoms with Crippen molar-refractivity contribution in [2.45, 2.75) is 39.2 Å². The summed E-state index contributed by atoms with van der Waals surface area (Å²) < 4.78 is 8.79. The summed E-state index contributed by atoms with van der Waals surface area (Å²) in [5, 5.41) is 0. The first-order chi connectivity index (χ1) is 11.6. The standard InChI is InChI=1S/C16H25N5O3/c1-3-4-5-6-7-21-12-13(19(2)16(23)18-14(12)22)17-15(21)20-8-10-24-11-9-20/h3-11H2,1-2H3,(H,18,22,23). The second-order valence-corrected chi connectivity index (χ2v) is 6.21. The molecule has 0 amide bonds. The van der Waals surface area contributed by atoms with Gasteiger partial charge >= 0.3 is 5.69 Å². The largest absolute Gasteiger partial charge is 0.378 e. The molecule has 24 heavy (non-hydrogen) atoms. The van der Waals surface area contributed by atoms with Gasteiger partial charge in [-0.25, -0.2) is 4.79 Å². The molecule has 8 heteroatoms. The van der Waals surface area contributed by atoms with Crippen molar-refractivity contribution in [2.24, 2.45) is 7.05 Å². The third-order valence-corrected chi connectivity index (χ3v) is 4.52. The van der Waals surface area contributed by atoms with E-state index < -0.39 is 5.69 Å². The summed E-state index contributed by atoms with van der Waals surface area (Å²) in [4.78, 5) is 33.4. The highest BCUT2D eigenvalue weighted by atomic mass is 16.5. The average molecular weight is 335 g/mol. The monoisotopic (exact) mass is 335 g/mol. The lowest BCUT2D eigenvalue weighted by atomic mass is 10.2. The first-order valence-corrected chi connectivity index (χ1v) is 8.65. The summed E-state index contributed by atoms with van der Waals surface area (Å²) in [6.45, 7) is 5.67. The van der Waals surface area contributed by atoms with Crippen LogP contribution >= 0.6 is 0 Å². The fourth-order valence-corrected chi connectivity index (χ4v) is 3.14. The van der Waals surface area contributed by atoms with Crippen LogP contribution in [0.4, 0.5) is 5.95 Å². The van der Waals surface area contributed by atoms with E-state index in [2.05, 4.69) is 21.8 Å². The topological polar surface area (TPSA) is 85.2 Å². The molecule has 1 N–H and O–H groups in total. The number of aromatic nitrogens is 4. The highest BCUT2D eigenvalue weighted by Gasteiger charge is 2.22. The van der Waals surface area contributed by atoms with Gasteiger partial charge < -0.3 is 14.2 Å². The van der Waals surface area contributed by atoms with Crippen LogP contribution in [0.25, 0.3) is 11.2 Å². The molecule has 1 saturated heterocycles. The van der Waals surface area contributed by atoms with Gasteiger partial charge in [0.25, 0.3) is 5.56 Å². The zero-order chi connectivity index (χ0) is 17.1. The molecular weight excluding hydrogens is 310 g/mol. The van der Waals surface area contributed by atoms with Crippen LogP contribution in [0.1, 0.15) is 32.6 Å². The Kier molecular flexibility index (Phi) is 5.03. The smallest absolute Gasteiger partial charge is 0.329 e. The molecule has 1 aliphatic heterocycles. The molecule has 0 bridgehead atoms. The number of hydrogen-bond donors (Lipinski definition) is 1. The first-order valence-electron chi connectivity index (χ1n) is 8.65. The number of fused-ring (bicyclic) bond motifs is 1. The number of anilines is 1. The van der Waals surface area contributed by atoms with Gasteiger partial charge in [-0.2, -0.15) is 4.98 Å². The fourth-order valence-electron chi connectivity index (χ4n) is 3.14. The van der Waals surface area contributed by atoms with Gasteiger partial charge in [0.2, 0.25) is 5.95 Å².